The number of benzene rings is 1. The highest BCUT2D eigenvalue weighted by Crippen LogP contribution is 2.23. The van der Waals surface area contributed by atoms with E-state index >= 15 is 0 Å². The van der Waals surface area contributed by atoms with E-state index in [1.165, 1.54) is 6.20 Å². The smallest absolute Gasteiger partial charge is 0.335 e. The molecular weight excluding hydrogens is 307 g/mol. The number of nitrogens with zero attached hydrogens (tertiary/aromatic N) is 1. The minimum absolute atomic E-state index is 0.115. The third-order valence-electron chi connectivity index (χ3n) is 2.31. The number of anilines is 1. The van der Waals surface area contributed by atoms with E-state index in [4.69, 9.17) is 5.11 Å². The van der Waals surface area contributed by atoms with Crippen molar-refractivity contribution in [1.29, 1.82) is 0 Å². The van der Waals surface area contributed by atoms with Gasteiger partial charge in [0, 0.05) is 11.1 Å². The van der Waals surface area contributed by atoms with Crippen molar-refractivity contribution in [2.45, 2.75) is 11.8 Å². The monoisotopic (exact) mass is 316 g/mol. The zero-order chi connectivity index (χ0) is 14.9. The van der Waals surface area contributed by atoms with E-state index in [2.05, 4.69) is 9.71 Å². The number of carbonyl (C=O) groups is 1. The van der Waals surface area contributed by atoms with Crippen LogP contribution in [0.1, 0.15) is 15.2 Å². The van der Waals surface area contributed by atoms with Crippen molar-refractivity contribution in [3.05, 3.63) is 40.7 Å². The fraction of sp³-hybridized carbons (Fsp3) is 0.0909. The van der Waals surface area contributed by atoms with Crippen molar-refractivity contribution in [2.75, 3.05) is 4.72 Å². The molecule has 2 N–H and O–H groups in total. The van der Waals surface area contributed by atoms with Gasteiger partial charge < -0.3 is 5.11 Å². The Morgan fingerprint density at radius 3 is 2.65 bits per heavy atom. The molecule has 2 rings (SSSR count). The van der Waals surface area contributed by atoms with Gasteiger partial charge in [-0.3, -0.25) is 4.72 Å². The molecule has 0 aliphatic heterocycles. The molecule has 6 nitrogen and oxygen atoms in total. The van der Waals surface area contributed by atoms with Crippen LogP contribution in [0.5, 0.6) is 0 Å². The van der Waals surface area contributed by atoms with Gasteiger partial charge in [0.15, 0.2) is 5.13 Å². The molecule has 0 fully saturated rings. The van der Waals surface area contributed by atoms with E-state index < -0.39 is 26.7 Å². The first-order valence-electron chi connectivity index (χ1n) is 5.28. The minimum atomic E-state index is -4.14. The molecule has 106 valence electrons. The molecule has 0 saturated carbocycles. The van der Waals surface area contributed by atoms with Crippen LogP contribution >= 0.6 is 11.3 Å². The molecule has 0 spiro atoms. The number of carboxylic acid groups (broad SMARTS) is 1. The molecule has 1 heterocycles. The van der Waals surface area contributed by atoms with Crippen molar-refractivity contribution in [2.24, 2.45) is 0 Å². The summed E-state index contributed by atoms with van der Waals surface area (Å²) in [5, 5.41) is 8.82. The number of aryl methyl sites for hydroxylation is 1. The standard InChI is InChI=1S/C11H9FN2O4S2/c1-6-5-13-11(19-6)14-20(17,18)9-3-2-7(10(15)16)4-8(9)12/h2-5H,1H3,(H,13,14)(H,15,16). The number of carboxylic acids is 1. The molecule has 2 aromatic rings. The maximum absolute atomic E-state index is 13.7. The summed E-state index contributed by atoms with van der Waals surface area (Å²) < 4.78 is 39.8. The Morgan fingerprint density at radius 2 is 2.15 bits per heavy atom. The summed E-state index contributed by atoms with van der Waals surface area (Å²) in [6.07, 6.45) is 1.48. The second-order valence-electron chi connectivity index (χ2n) is 3.83. The number of hydrogen-bond acceptors (Lipinski definition) is 5. The van der Waals surface area contributed by atoms with E-state index in [0.29, 0.717) is 6.07 Å². The molecule has 0 saturated heterocycles. The fourth-order valence-corrected chi connectivity index (χ4v) is 3.39. The molecule has 9 heteroatoms. The summed E-state index contributed by atoms with van der Waals surface area (Å²) in [5.41, 5.74) is -0.327. The molecule has 0 bridgehead atoms. The highest BCUT2D eigenvalue weighted by atomic mass is 32.2. The first kappa shape index (κ1) is 14.4. The second kappa shape index (κ2) is 5.17. The highest BCUT2D eigenvalue weighted by Gasteiger charge is 2.21. The number of halogens is 1. The summed E-state index contributed by atoms with van der Waals surface area (Å²) in [7, 11) is -4.14. The van der Waals surface area contributed by atoms with Crippen molar-refractivity contribution in [1.82, 2.24) is 4.98 Å². The van der Waals surface area contributed by atoms with Crippen LogP contribution in [0.15, 0.2) is 29.3 Å². The van der Waals surface area contributed by atoms with Gasteiger partial charge in [0.2, 0.25) is 0 Å². The number of nitrogens with one attached hydrogen (secondary N) is 1. The van der Waals surface area contributed by atoms with Crippen molar-refractivity contribution >= 4 is 32.5 Å². The zero-order valence-corrected chi connectivity index (χ0v) is 11.8. The Labute approximate surface area is 118 Å². The van der Waals surface area contributed by atoms with Crippen molar-refractivity contribution < 1.29 is 22.7 Å². The maximum atomic E-state index is 13.7. The Hall–Kier alpha value is -2.00. The number of aromatic carboxylic acids is 1. The molecule has 0 unspecified atom stereocenters. The SMILES string of the molecule is Cc1cnc(NS(=O)(=O)c2ccc(C(=O)O)cc2F)s1. The van der Waals surface area contributed by atoms with E-state index in [9.17, 15) is 17.6 Å². The highest BCUT2D eigenvalue weighted by molar-refractivity contribution is 7.93. The molecule has 0 radical (unpaired) electrons. The summed E-state index contributed by atoms with van der Waals surface area (Å²) in [4.78, 5) is 14.6. The first-order valence-corrected chi connectivity index (χ1v) is 7.57. The third kappa shape index (κ3) is 2.94. The lowest BCUT2D eigenvalue weighted by Crippen LogP contribution is -2.15. The van der Waals surface area contributed by atoms with Gasteiger partial charge in [-0.15, -0.1) is 11.3 Å². The van der Waals surface area contributed by atoms with Crippen molar-refractivity contribution in [3.8, 4) is 0 Å². The normalized spacial score (nSPS) is 11.3. The van der Waals surface area contributed by atoms with Gasteiger partial charge in [-0.1, -0.05) is 0 Å². The van der Waals surface area contributed by atoms with Crippen LogP contribution in [0.4, 0.5) is 9.52 Å². The molecule has 0 aliphatic carbocycles. The van der Waals surface area contributed by atoms with Crippen LogP contribution < -0.4 is 4.72 Å². The molecular formula is C11H9FN2O4S2. The van der Waals surface area contributed by atoms with E-state index in [-0.39, 0.29) is 10.7 Å². The number of rotatable bonds is 4. The largest absolute Gasteiger partial charge is 0.478 e. The number of aromatic nitrogens is 1. The summed E-state index contributed by atoms with van der Waals surface area (Å²) in [6.45, 7) is 1.75. The lowest BCUT2D eigenvalue weighted by atomic mass is 10.2. The Balaban J connectivity index is 2.37. The van der Waals surface area contributed by atoms with Crippen LogP contribution in [-0.2, 0) is 10.0 Å². The van der Waals surface area contributed by atoms with Gasteiger partial charge in [-0.05, 0) is 25.1 Å². The van der Waals surface area contributed by atoms with Crippen LogP contribution in [0.2, 0.25) is 0 Å². The van der Waals surface area contributed by atoms with Gasteiger partial charge in [0.05, 0.1) is 5.56 Å². The van der Waals surface area contributed by atoms with E-state index in [1.54, 1.807) is 6.92 Å². The Kier molecular flexibility index (Phi) is 3.73. The minimum Gasteiger partial charge on any atom is -0.478 e. The molecule has 20 heavy (non-hydrogen) atoms. The first-order chi connectivity index (χ1) is 9.29. The summed E-state index contributed by atoms with van der Waals surface area (Å²) in [6, 6.07) is 2.58. The van der Waals surface area contributed by atoms with Gasteiger partial charge in [0.25, 0.3) is 10.0 Å². The average Bonchev–Trinajstić information content (AvgIpc) is 2.73. The van der Waals surface area contributed by atoms with Crippen LogP contribution in [0, 0.1) is 12.7 Å². The molecule has 0 amide bonds. The van der Waals surface area contributed by atoms with E-state index in [0.717, 1.165) is 28.3 Å². The topological polar surface area (TPSA) is 96.4 Å². The summed E-state index contributed by atoms with van der Waals surface area (Å²) in [5.74, 6) is -2.47. The van der Waals surface area contributed by atoms with Gasteiger partial charge in [-0.25, -0.2) is 22.6 Å². The quantitative estimate of drug-likeness (QED) is 0.900. The average molecular weight is 316 g/mol. The van der Waals surface area contributed by atoms with Gasteiger partial charge in [0.1, 0.15) is 10.7 Å². The molecule has 1 aromatic heterocycles. The molecule has 0 aliphatic rings. The predicted molar refractivity (Wildman–Crippen MR) is 71.0 cm³/mol. The number of sulfonamides is 1. The van der Waals surface area contributed by atoms with Crippen LogP contribution in [-0.4, -0.2) is 24.5 Å². The third-order valence-corrected chi connectivity index (χ3v) is 4.64. The van der Waals surface area contributed by atoms with Crippen molar-refractivity contribution in [3.63, 3.8) is 0 Å². The van der Waals surface area contributed by atoms with Gasteiger partial charge >= 0.3 is 5.97 Å². The lowest BCUT2D eigenvalue weighted by molar-refractivity contribution is 0.0696. The number of hydrogen-bond donors (Lipinski definition) is 2. The van der Waals surface area contributed by atoms with Crippen LogP contribution in [0.3, 0.4) is 0 Å². The molecule has 1 aromatic carbocycles. The predicted octanol–water partition coefficient (Wildman–Crippen LogP) is 2.09. The lowest BCUT2D eigenvalue weighted by Gasteiger charge is -2.06. The van der Waals surface area contributed by atoms with Crippen LogP contribution in [0.25, 0.3) is 0 Å². The maximum Gasteiger partial charge on any atom is 0.335 e. The fourth-order valence-electron chi connectivity index (χ4n) is 1.42. The summed E-state index contributed by atoms with van der Waals surface area (Å²) >= 11 is 1.11. The van der Waals surface area contributed by atoms with Gasteiger partial charge in [-0.2, -0.15) is 0 Å². The second-order valence-corrected chi connectivity index (χ2v) is 6.72. The Bertz CT molecular complexity index is 770. The Morgan fingerprint density at radius 1 is 1.45 bits per heavy atom. The van der Waals surface area contributed by atoms with E-state index in [1.807, 2.05) is 0 Å². The zero-order valence-electron chi connectivity index (χ0n) is 10.1. The number of thiazole rings is 1. The molecule has 0 atom stereocenters.